The van der Waals surface area contributed by atoms with Crippen molar-refractivity contribution in [1.29, 1.82) is 0 Å². The summed E-state index contributed by atoms with van der Waals surface area (Å²) in [4.78, 5) is 26.7. The number of rotatable bonds is 4. The van der Waals surface area contributed by atoms with Gasteiger partial charge < -0.3 is 10.0 Å². The number of carbonyl (C=O) groups excluding carboxylic acids is 1. The predicted molar refractivity (Wildman–Crippen MR) is 89.5 cm³/mol. The van der Waals surface area contributed by atoms with Gasteiger partial charge in [-0.25, -0.2) is 0 Å². The molecule has 2 bridgehead atoms. The van der Waals surface area contributed by atoms with Crippen LogP contribution in [0.25, 0.3) is 0 Å². The van der Waals surface area contributed by atoms with Gasteiger partial charge in [-0.2, -0.15) is 0 Å². The maximum atomic E-state index is 13.0. The molecule has 1 N–H and O–H groups in total. The molecule has 5 heteroatoms. The summed E-state index contributed by atoms with van der Waals surface area (Å²) in [6.45, 7) is 4.13. The lowest BCUT2D eigenvalue weighted by Gasteiger charge is -2.38. The number of aliphatic carboxylic acids is 1. The van der Waals surface area contributed by atoms with Crippen LogP contribution >= 0.6 is 11.6 Å². The Balaban J connectivity index is 2.08. The maximum absolute atomic E-state index is 13.0. The van der Waals surface area contributed by atoms with Gasteiger partial charge in [-0.1, -0.05) is 38.3 Å². The smallest absolute Gasteiger partial charge is 0.309 e. The zero-order chi connectivity index (χ0) is 16.7. The summed E-state index contributed by atoms with van der Waals surface area (Å²) in [7, 11) is 0. The van der Waals surface area contributed by atoms with Gasteiger partial charge in [0.1, 0.15) is 0 Å². The van der Waals surface area contributed by atoms with Crippen molar-refractivity contribution in [3.8, 4) is 0 Å². The number of carbonyl (C=O) groups is 2. The van der Waals surface area contributed by atoms with Crippen molar-refractivity contribution in [2.45, 2.75) is 39.2 Å². The number of carboxylic acid groups (broad SMARTS) is 1. The first-order chi connectivity index (χ1) is 11.0. The van der Waals surface area contributed by atoms with Crippen LogP contribution in [0.4, 0.5) is 5.69 Å². The molecule has 124 valence electrons. The van der Waals surface area contributed by atoms with Crippen LogP contribution in [0.3, 0.4) is 0 Å². The number of halogens is 1. The van der Waals surface area contributed by atoms with Crippen molar-refractivity contribution >= 4 is 29.2 Å². The minimum atomic E-state index is -0.846. The first kappa shape index (κ1) is 16.3. The van der Waals surface area contributed by atoms with E-state index >= 15 is 0 Å². The van der Waals surface area contributed by atoms with E-state index in [1.807, 2.05) is 12.1 Å². The van der Waals surface area contributed by atoms with E-state index in [4.69, 9.17) is 11.6 Å². The number of hydrogen-bond donors (Lipinski definition) is 1. The van der Waals surface area contributed by atoms with E-state index in [9.17, 15) is 14.7 Å². The van der Waals surface area contributed by atoms with Crippen molar-refractivity contribution in [3.05, 3.63) is 29.3 Å². The quantitative estimate of drug-likeness (QED) is 0.909. The first-order valence-corrected chi connectivity index (χ1v) is 8.68. The fourth-order valence-corrected chi connectivity index (χ4v) is 4.66. The average molecular weight is 336 g/mol. The van der Waals surface area contributed by atoms with Crippen LogP contribution in [0.5, 0.6) is 0 Å². The Morgan fingerprint density at radius 1 is 1.22 bits per heavy atom. The Kier molecular flexibility index (Phi) is 4.37. The highest BCUT2D eigenvalue weighted by Gasteiger charge is 2.60. The summed E-state index contributed by atoms with van der Waals surface area (Å²) in [5, 5.41) is 10.4. The SMILES string of the molecule is CCC1CC(CC)C2C(C(=O)O)C1C(=O)N2c1ccc(Cl)cc1. The second-order valence-electron chi connectivity index (χ2n) is 6.64. The summed E-state index contributed by atoms with van der Waals surface area (Å²) in [6.07, 6.45) is 2.66. The molecular formula is C18H22ClNO3. The molecule has 2 aliphatic rings. The van der Waals surface area contributed by atoms with Gasteiger partial charge in [0.2, 0.25) is 5.91 Å². The maximum Gasteiger partial charge on any atom is 0.309 e. The Morgan fingerprint density at radius 3 is 2.35 bits per heavy atom. The fraction of sp³-hybridized carbons (Fsp3) is 0.556. The molecule has 4 nitrogen and oxygen atoms in total. The highest BCUT2D eigenvalue weighted by molar-refractivity contribution is 6.30. The standard InChI is InChI=1S/C18H22ClNO3/c1-3-10-9-11(4-2)16-15(18(22)23)14(10)17(21)20(16)13-7-5-12(19)6-8-13/h5-8,10-11,14-16H,3-4,9H2,1-2H3,(H,22,23). The van der Waals surface area contributed by atoms with Gasteiger partial charge in [-0.15, -0.1) is 0 Å². The normalized spacial score (nSPS) is 33.1. The van der Waals surface area contributed by atoms with Crippen LogP contribution in [0.15, 0.2) is 24.3 Å². The number of amides is 1. The molecular weight excluding hydrogens is 314 g/mol. The van der Waals surface area contributed by atoms with E-state index in [-0.39, 0.29) is 23.8 Å². The van der Waals surface area contributed by atoms with Gasteiger partial charge >= 0.3 is 5.97 Å². The molecule has 5 atom stereocenters. The lowest BCUT2D eigenvalue weighted by Crippen LogP contribution is -2.46. The van der Waals surface area contributed by atoms with Gasteiger partial charge in [0, 0.05) is 10.7 Å². The summed E-state index contributed by atoms with van der Waals surface area (Å²) in [5.74, 6) is -1.52. The van der Waals surface area contributed by atoms with Crippen LogP contribution in [0.1, 0.15) is 33.1 Å². The molecule has 1 heterocycles. The van der Waals surface area contributed by atoms with Crippen LogP contribution in [0.2, 0.25) is 5.02 Å². The third kappa shape index (κ3) is 2.53. The predicted octanol–water partition coefficient (Wildman–Crippen LogP) is 3.83. The van der Waals surface area contributed by atoms with Crippen LogP contribution in [0, 0.1) is 23.7 Å². The number of fused-ring (bicyclic) bond motifs is 2. The topological polar surface area (TPSA) is 57.6 Å². The molecule has 1 aliphatic carbocycles. The molecule has 1 saturated heterocycles. The molecule has 23 heavy (non-hydrogen) atoms. The van der Waals surface area contributed by atoms with E-state index < -0.39 is 17.8 Å². The van der Waals surface area contributed by atoms with Crippen LogP contribution in [-0.2, 0) is 9.59 Å². The number of nitrogens with zero attached hydrogens (tertiary/aromatic N) is 1. The third-order valence-corrected chi connectivity index (χ3v) is 5.86. The van der Waals surface area contributed by atoms with E-state index in [0.717, 1.165) is 24.9 Å². The van der Waals surface area contributed by atoms with Crippen molar-refractivity contribution in [2.24, 2.45) is 23.7 Å². The van der Waals surface area contributed by atoms with Gasteiger partial charge in [-0.05, 0) is 42.5 Å². The van der Waals surface area contributed by atoms with Crippen LogP contribution in [-0.4, -0.2) is 23.0 Å². The average Bonchev–Trinajstić information content (AvgIpc) is 2.78. The molecule has 3 rings (SSSR count). The Hall–Kier alpha value is -1.55. The highest BCUT2D eigenvalue weighted by atomic mass is 35.5. The van der Waals surface area contributed by atoms with Crippen LogP contribution < -0.4 is 4.90 Å². The number of carboxylic acids is 1. The van der Waals surface area contributed by atoms with E-state index in [0.29, 0.717) is 5.02 Å². The molecule has 1 amide bonds. The van der Waals surface area contributed by atoms with Crippen molar-refractivity contribution in [1.82, 2.24) is 0 Å². The summed E-state index contributed by atoms with van der Waals surface area (Å²) >= 11 is 5.95. The number of hydrogen-bond acceptors (Lipinski definition) is 2. The molecule has 1 aliphatic heterocycles. The summed E-state index contributed by atoms with van der Waals surface area (Å²) < 4.78 is 0. The zero-order valence-electron chi connectivity index (χ0n) is 13.4. The van der Waals surface area contributed by atoms with Crippen molar-refractivity contribution < 1.29 is 14.7 Å². The minimum Gasteiger partial charge on any atom is -0.481 e. The highest BCUT2D eigenvalue weighted by Crippen LogP contribution is 2.51. The fourth-order valence-electron chi connectivity index (χ4n) is 4.54. The molecule has 0 aromatic heterocycles. The summed E-state index contributed by atoms with van der Waals surface area (Å²) in [5.41, 5.74) is 0.758. The molecule has 0 spiro atoms. The first-order valence-electron chi connectivity index (χ1n) is 8.31. The molecule has 2 fully saturated rings. The molecule has 5 unspecified atom stereocenters. The van der Waals surface area contributed by atoms with Gasteiger partial charge in [0.25, 0.3) is 0 Å². The number of benzene rings is 1. The molecule has 1 aromatic rings. The van der Waals surface area contributed by atoms with E-state index in [2.05, 4.69) is 13.8 Å². The second-order valence-corrected chi connectivity index (χ2v) is 7.07. The zero-order valence-corrected chi connectivity index (χ0v) is 14.2. The Morgan fingerprint density at radius 2 is 1.83 bits per heavy atom. The summed E-state index contributed by atoms with van der Waals surface area (Å²) in [6, 6.07) is 6.88. The van der Waals surface area contributed by atoms with Crippen molar-refractivity contribution in [3.63, 3.8) is 0 Å². The van der Waals surface area contributed by atoms with E-state index in [1.54, 1.807) is 17.0 Å². The monoisotopic (exact) mass is 335 g/mol. The minimum absolute atomic E-state index is 0.0347. The molecule has 1 saturated carbocycles. The molecule has 1 aromatic carbocycles. The van der Waals surface area contributed by atoms with Crippen molar-refractivity contribution in [2.75, 3.05) is 4.90 Å². The molecule has 0 radical (unpaired) electrons. The largest absolute Gasteiger partial charge is 0.481 e. The second kappa shape index (κ2) is 6.16. The lowest BCUT2D eigenvalue weighted by molar-refractivity contribution is -0.148. The number of anilines is 1. The van der Waals surface area contributed by atoms with Gasteiger partial charge in [0.15, 0.2) is 0 Å². The third-order valence-electron chi connectivity index (χ3n) is 5.61. The van der Waals surface area contributed by atoms with Gasteiger partial charge in [-0.3, -0.25) is 9.59 Å². The van der Waals surface area contributed by atoms with Gasteiger partial charge in [0.05, 0.1) is 17.9 Å². The Bertz CT molecular complexity index is 615. The lowest BCUT2D eigenvalue weighted by atomic mass is 9.66. The Labute approximate surface area is 141 Å². The van der Waals surface area contributed by atoms with E-state index in [1.165, 1.54) is 0 Å².